The van der Waals surface area contributed by atoms with Crippen LogP contribution in [-0.2, 0) is 14.4 Å². The molecule has 0 spiro atoms. The summed E-state index contributed by atoms with van der Waals surface area (Å²) in [4.78, 5) is 34.3. The first-order valence-electron chi connectivity index (χ1n) is 10.5. The van der Waals surface area contributed by atoms with Crippen molar-refractivity contribution in [3.05, 3.63) is 88.9 Å². The molecule has 2 heterocycles. The van der Waals surface area contributed by atoms with E-state index in [9.17, 15) is 9.59 Å². The second-order valence-electron chi connectivity index (χ2n) is 7.65. The molecule has 3 aromatic rings. The molecule has 2 aliphatic heterocycles. The van der Waals surface area contributed by atoms with Crippen molar-refractivity contribution in [1.82, 2.24) is 0 Å². The van der Waals surface area contributed by atoms with Crippen LogP contribution in [0, 0.1) is 5.92 Å². The molecule has 2 amide bonds. The average molecular weight is 493 g/mol. The maximum atomic E-state index is 13.6. The van der Waals surface area contributed by atoms with Gasteiger partial charge in [-0.2, -0.15) is 0 Å². The molecule has 0 aromatic heterocycles. The number of hydrogen-bond acceptors (Lipinski definition) is 5. The summed E-state index contributed by atoms with van der Waals surface area (Å²) in [6.45, 7) is 2.45. The van der Waals surface area contributed by atoms with E-state index in [4.69, 9.17) is 9.57 Å². The first-order valence-corrected chi connectivity index (χ1v) is 11.2. The molecular weight excluding hydrogens is 472 g/mol. The molecule has 162 valence electrons. The van der Waals surface area contributed by atoms with Crippen LogP contribution in [0.15, 0.2) is 83.3 Å². The highest BCUT2D eigenvalue weighted by Crippen LogP contribution is 2.47. The Balaban J connectivity index is 1.53. The van der Waals surface area contributed by atoms with Gasteiger partial charge in [-0.05, 0) is 61.0 Å². The minimum atomic E-state index is -0.886. The number of hydrogen-bond donors (Lipinski definition) is 0. The van der Waals surface area contributed by atoms with Crippen LogP contribution in [0.3, 0.4) is 0 Å². The Morgan fingerprint density at radius 2 is 1.56 bits per heavy atom. The zero-order valence-corrected chi connectivity index (χ0v) is 18.9. The van der Waals surface area contributed by atoms with Crippen molar-refractivity contribution < 1.29 is 19.2 Å². The number of benzene rings is 3. The average Bonchev–Trinajstić information content (AvgIpc) is 3.32. The van der Waals surface area contributed by atoms with E-state index in [0.717, 1.165) is 15.7 Å². The summed E-state index contributed by atoms with van der Waals surface area (Å²) in [5.74, 6) is -0.592. The summed E-state index contributed by atoms with van der Waals surface area (Å²) in [6, 6.07) is 23.8. The molecule has 0 bridgehead atoms. The smallest absolute Gasteiger partial charge is 0.266 e. The highest BCUT2D eigenvalue weighted by molar-refractivity contribution is 9.10. The fourth-order valence-electron chi connectivity index (χ4n) is 4.32. The van der Waals surface area contributed by atoms with E-state index < -0.39 is 18.1 Å². The van der Waals surface area contributed by atoms with E-state index >= 15 is 0 Å². The monoisotopic (exact) mass is 492 g/mol. The topological polar surface area (TPSA) is 59.1 Å². The van der Waals surface area contributed by atoms with Gasteiger partial charge in [0.15, 0.2) is 6.10 Å². The summed E-state index contributed by atoms with van der Waals surface area (Å²) in [7, 11) is 0. The number of amides is 2. The summed E-state index contributed by atoms with van der Waals surface area (Å²) in [6.07, 6.45) is -0.886. The van der Waals surface area contributed by atoms with Gasteiger partial charge in [-0.3, -0.25) is 14.4 Å². The van der Waals surface area contributed by atoms with E-state index in [-0.39, 0.29) is 11.8 Å². The Bertz CT molecular complexity index is 1130. The highest BCUT2D eigenvalue weighted by Gasteiger charge is 2.60. The zero-order valence-electron chi connectivity index (χ0n) is 17.4. The lowest BCUT2D eigenvalue weighted by Gasteiger charge is -2.28. The molecule has 0 saturated carbocycles. The predicted octanol–water partition coefficient (Wildman–Crippen LogP) is 4.90. The Morgan fingerprint density at radius 1 is 0.875 bits per heavy atom. The number of rotatable bonds is 5. The predicted molar refractivity (Wildman–Crippen MR) is 124 cm³/mol. The van der Waals surface area contributed by atoms with Crippen molar-refractivity contribution in [2.45, 2.75) is 19.1 Å². The lowest BCUT2D eigenvalue weighted by Crippen LogP contribution is -2.37. The molecule has 0 unspecified atom stereocenters. The van der Waals surface area contributed by atoms with Crippen molar-refractivity contribution in [2.75, 3.05) is 16.6 Å². The number of para-hydroxylation sites is 1. The van der Waals surface area contributed by atoms with Crippen LogP contribution in [0.2, 0.25) is 0 Å². The van der Waals surface area contributed by atoms with Gasteiger partial charge in [0.05, 0.1) is 24.0 Å². The molecule has 2 saturated heterocycles. The van der Waals surface area contributed by atoms with E-state index in [0.29, 0.717) is 18.0 Å². The van der Waals surface area contributed by atoms with Crippen LogP contribution in [0.5, 0.6) is 5.75 Å². The number of carbonyl (C=O) groups excluding carboxylic acids is 2. The number of halogens is 1. The SMILES string of the molecule is CCOc1ccc(N2C(=O)[C@H]3[C@H](ON(c4ccccc4)[C@H]3c3ccc(Br)cc3)C2=O)cc1. The number of imide groups is 1. The van der Waals surface area contributed by atoms with Gasteiger partial charge < -0.3 is 4.74 Å². The van der Waals surface area contributed by atoms with Gasteiger partial charge in [0.25, 0.3) is 5.91 Å². The largest absolute Gasteiger partial charge is 0.494 e. The van der Waals surface area contributed by atoms with Crippen LogP contribution in [0.1, 0.15) is 18.5 Å². The summed E-state index contributed by atoms with van der Waals surface area (Å²) < 4.78 is 6.41. The van der Waals surface area contributed by atoms with Crippen molar-refractivity contribution in [2.24, 2.45) is 5.92 Å². The van der Waals surface area contributed by atoms with E-state index in [1.807, 2.05) is 61.5 Å². The third-order valence-corrected chi connectivity index (χ3v) is 6.27. The molecule has 5 rings (SSSR count). The fourth-order valence-corrected chi connectivity index (χ4v) is 4.59. The van der Waals surface area contributed by atoms with Crippen molar-refractivity contribution in [3.63, 3.8) is 0 Å². The van der Waals surface area contributed by atoms with Crippen LogP contribution in [-0.4, -0.2) is 24.5 Å². The van der Waals surface area contributed by atoms with Gasteiger partial charge in [-0.25, -0.2) is 9.96 Å². The Hall–Kier alpha value is -3.16. The quantitative estimate of drug-likeness (QED) is 0.474. The number of carbonyl (C=O) groups is 2. The maximum Gasteiger partial charge on any atom is 0.266 e. The second kappa shape index (κ2) is 8.41. The number of anilines is 2. The third-order valence-electron chi connectivity index (χ3n) is 5.74. The highest BCUT2D eigenvalue weighted by atomic mass is 79.9. The summed E-state index contributed by atoms with van der Waals surface area (Å²) >= 11 is 3.46. The Labute approximate surface area is 194 Å². The van der Waals surface area contributed by atoms with Gasteiger partial charge in [-0.1, -0.05) is 46.3 Å². The molecule has 0 radical (unpaired) electrons. The van der Waals surface area contributed by atoms with E-state index in [1.165, 1.54) is 4.90 Å². The van der Waals surface area contributed by atoms with Gasteiger partial charge >= 0.3 is 0 Å². The first kappa shape index (κ1) is 20.7. The number of nitrogens with zero attached hydrogens (tertiary/aromatic N) is 2. The molecular formula is C25H21BrN2O4. The van der Waals surface area contributed by atoms with Gasteiger partial charge in [0.1, 0.15) is 11.7 Å². The van der Waals surface area contributed by atoms with Crippen LogP contribution in [0.4, 0.5) is 11.4 Å². The van der Waals surface area contributed by atoms with Gasteiger partial charge in [0, 0.05) is 4.47 Å². The number of hydroxylamine groups is 1. The van der Waals surface area contributed by atoms with Crippen molar-refractivity contribution >= 4 is 39.1 Å². The lowest BCUT2D eigenvalue weighted by molar-refractivity contribution is -0.126. The summed E-state index contributed by atoms with van der Waals surface area (Å²) in [5.41, 5.74) is 2.21. The minimum absolute atomic E-state index is 0.268. The van der Waals surface area contributed by atoms with Crippen molar-refractivity contribution in [1.29, 1.82) is 0 Å². The third kappa shape index (κ3) is 3.47. The van der Waals surface area contributed by atoms with Gasteiger partial charge in [-0.15, -0.1) is 0 Å². The molecule has 0 N–H and O–H groups in total. The van der Waals surface area contributed by atoms with Crippen molar-refractivity contribution in [3.8, 4) is 5.75 Å². The second-order valence-corrected chi connectivity index (χ2v) is 8.56. The van der Waals surface area contributed by atoms with E-state index in [1.54, 1.807) is 29.3 Å². The molecule has 2 aliphatic rings. The lowest BCUT2D eigenvalue weighted by atomic mass is 9.90. The molecule has 7 heteroatoms. The minimum Gasteiger partial charge on any atom is -0.494 e. The molecule has 3 atom stereocenters. The molecule has 32 heavy (non-hydrogen) atoms. The molecule has 2 fully saturated rings. The molecule has 3 aromatic carbocycles. The van der Waals surface area contributed by atoms with Gasteiger partial charge in [0.2, 0.25) is 5.91 Å². The number of ether oxygens (including phenoxy) is 1. The van der Waals surface area contributed by atoms with Crippen LogP contribution in [0.25, 0.3) is 0 Å². The first-order chi connectivity index (χ1) is 15.6. The van der Waals surface area contributed by atoms with Crippen LogP contribution >= 0.6 is 15.9 Å². The normalized spacial score (nSPS) is 22.4. The van der Waals surface area contributed by atoms with Crippen LogP contribution < -0.4 is 14.7 Å². The summed E-state index contributed by atoms with van der Waals surface area (Å²) in [5, 5.41) is 1.70. The maximum absolute atomic E-state index is 13.6. The standard InChI is InChI=1S/C25H21BrN2O4/c1-2-31-20-14-12-18(13-15-20)27-24(29)21-22(16-8-10-17(26)11-9-16)28(32-23(21)25(27)30)19-6-4-3-5-7-19/h3-15,21-23H,2H2,1H3/t21-,22+,23+/m1/s1. The van der Waals surface area contributed by atoms with E-state index in [2.05, 4.69) is 15.9 Å². The molecule has 0 aliphatic carbocycles. The Morgan fingerprint density at radius 3 is 2.22 bits per heavy atom. The fraction of sp³-hybridized carbons (Fsp3) is 0.200. The number of fused-ring (bicyclic) bond motifs is 1. The zero-order chi connectivity index (χ0) is 22.2. The molecule has 6 nitrogen and oxygen atoms in total. The Kier molecular flexibility index (Phi) is 5.45.